The van der Waals surface area contributed by atoms with Crippen LogP contribution in [0.1, 0.15) is 21.6 Å². The largest absolute Gasteiger partial charge is 0.331 e. The van der Waals surface area contributed by atoms with Crippen molar-refractivity contribution in [1.82, 2.24) is 15.8 Å². The molecule has 3 aromatic rings. The number of benzene rings is 2. The minimum Gasteiger partial charge on any atom is -0.331 e. The lowest BCUT2D eigenvalue weighted by Gasteiger charge is -2.15. The van der Waals surface area contributed by atoms with Gasteiger partial charge in [-0.3, -0.25) is 20.6 Å². The lowest BCUT2D eigenvalue weighted by Crippen LogP contribution is -2.44. The van der Waals surface area contributed by atoms with Gasteiger partial charge in [-0.1, -0.05) is 36.4 Å². The number of carbonyl (C=O) groups is 1. The zero-order chi connectivity index (χ0) is 17.8. The van der Waals surface area contributed by atoms with Crippen molar-refractivity contribution >= 4 is 39.8 Å². The third kappa shape index (κ3) is 3.75. The van der Waals surface area contributed by atoms with Gasteiger partial charge in [0.1, 0.15) is 0 Å². The van der Waals surface area contributed by atoms with E-state index in [4.69, 9.17) is 12.2 Å². The van der Waals surface area contributed by atoms with E-state index in [1.165, 1.54) is 0 Å². The fourth-order valence-corrected chi connectivity index (χ4v) is 2.89. The second kappa shape index (κ2) is 7.27. The number of hydrazine groups is 1. The van der Waals surface area contributed by atoms with Crippen LogP contribution in [0, 0.1) is 13.8 Å². The first kappa shape index (κ1) is 16.9. The van der Waals surface area contributed by atoms with Crippen LogP contribution in [0.2, 0.25) is 0 Å². The highest BCUT2D eigenvalue weighted by Crippen LogP contribution is 2.22. The van der Waals surface area contributed by atoms with E-state index in [2.05, 4.69) is 21.2 Å². The Hall–Kier alpha value is -2.99. The molecule has 6 heteroatoms. The van der Waals surface area contributed by atoms with Gasteiger partial charge in [0, 0.05) is 11.1 Å². The summed E-state index contributed by atoms with van der Waals surface area (Å²) in [5.41, 5.74) is 9.20. The number of aromatic nitrogens is 1. The highest BCUT2D eigenvalue weighted by molar-refractivity contribution is 7.80. The van der Waals surface area contributed by atoms with Crippen LogP contribution in [0.3, 0.4) is 0 Å². The van der Waals surface area contributed by atoms with Crippen LogP contribution >= 0.6 is 12.2 Å². The molecule has 3 N–H and O–H groups in total. The van der Waals surface area contributed by atoms with Crippen molar-refractivity contribution in [2.24, 2.45) is 0 Å². The van der Waals surface area contributed by atoms with Crippen LogP contribution < -0.4 is 16.2 Å². The first-order chi connectivity index (χ1) is 12.1. The quantitative estimate of drug-likeness (QED) is 0.488. The number of aryl methyl sites for hydroxylation is 2. The normalized spacial score (nSPS) is 10.3. The van der Waals surface area contributed by atoms with Crippen molar-refractivity contribution in [3.05, 3.63) is 71.4 Å². The molecule has 0 aliphatic rings. The van der Waals surface area contributed by atoms with Gasteiger partial charge in [-0.15, -0.1) is 0 Å². The maximum atomic E-state index is 12.6. The zero-order valence-electron chi connectivity index (χ0n) is 14.0. The summed E-state index contributed by atoms with van der Waals surface area (Å²) < 4.78 is 0. The maximum absolute atomic E-state index is 12.6. The Bertz CT molecular complexity index is 941. The molecular formula is C19H18N4OS. The number of amides is 1. The molecule has 0 fully saturated rings. The number of carbonyl (C=O) groups excluding carboxylic acids is 1. The summed E-state index contributed by atoms with van der Waals surface area (Å²) in [4.78, 5) is 17.1. The molecule has 0 spiro atoms. The number of nitrogens with zero attached hydrogens (tertiary/aromatic N) is 1. The van der Waals surface area contributed by atoms with E-state index in [-0.39, 0.29) is 5.91 Å². The average molecular weight is 350 g/mol. The molecule has 0 atom stereocenters. The van der Waals surface area contributed by atoms with Crippen LogP contribution in [0.4, 0.5) is 5.69 Å². The number of thiocarbonyl (C=S) groups is 1. The molecule has 0 saturated carbocycles. The van der Waals surface area contributed by atoms with Crippen molar-refractivity contribution in [3.63, 3.8) is 0 Å². The van der Waals surface area contributed by atoms with Crippen molar-refractivity contribution in [2.75, 3.05) is 5.32 Å². The first-order valence-corrected chi connectivity index (χ1v) is 8.25. The predicted molar refractivity (Wildman–Crippen MR) is 104 cm³/mol. The predicted octanol–water partition coefficient (Wildman–Crippen LogP) is 3.48. The lowest BCUT2D eigenvalue weighted by atomic mass is 10.0. The molecule has 1 heterocycles. The first-order valence-electron chi connectivity index (χ1n) is 7.84. The van der Waals surface area contributed by atoms with Crippen LogP contribution in [0.25, 0.3) is 10.9 Å². The monoisotopic (exact) mass is 350 g/mol. The van der Waals surface area contributed by atoms with Gasteiger partial charge in [-0.25, -0.2) is 0 Å². The molecule has 0 saturated heterocycles. The molecular weight excluding hydrogens is 332 g/mol. The molecule has 25 heavy (non-hydrogen) atoms. The van der Waals surface area contributed by atoms with Gasteiger partial charge >= 0.3 is 0 Å². The third-order valence-corrected chi connectivity index (χ3v) is 4.09. The maximum Gasteiger partial charge on any atom is 0.271 e. The Morgan fingerprint density at radius 2 is 1.64 bits per heavy atom. The zero-order valence-corrected chi connectivity index (χ0v) is 14.8. The average Bonchev–Trinajstić information content (AvgIpc) is 2.61. The summed E-state index contributed by atoms with van der Waals surface area (Å²) in [5.74, 6) is -0.273. The van der Waals surface area contributed by atoms with E-state index in [0.717, 1.165) is 22.2 Å². The van der Waals surface area contributed by atoms with Crippen molar-refractivity contribution in [1.29, 1.82) is 0 Å². The standard InChI is InChI=1S/C19H18N4OS/c1-12-15-10-6-7-11-16(15)20-13(2)17(12)18(24)22-23-19(25)21-14-8-4-3-5-9-14/h3-11H,1-2H3,(H,22,24)(H2,21,23,25). The molecule has 0 unspecified atom stereocenters. The minimum absolute atomic E-state index is 0.273. The van der Waals surface area contributed by atoms with Gasteiger partial charge in [0.05, 0.1) is 16.8 Å². The molecule has 5 nitrogen and oxygen atoms in total. The fraction of sp³-hybridized carbons (Fsp3) is 0.105. The topological polar surface area (TPSA) is 66.0 Å². The number of hydrogen-bond acceptors (Lipinski definition) is 3. The number of nitrogens with one attached hydrogen (secondary N) is 3. The summed E-state index contributed by atoms with van der Waals surface area (Å²) in [6.07, 6.45) is 0. The number of para-hydroxylation sites is 2. The molecule has 2 aromatic carbocycles. The van der Waals surface area contributed by atoms with Crippen LogP contribution in [-0.2, 0) is 0 Å². The molecule has 0 radical (unpaired) electrons. The van der Waals surface area contributed by atoms with E-state index in [1.807, 2.05) is 68.4 Å². The van der Waals surface area contributed by atoms with Crippen LogP contribution in [0.5, 0.6) is 0 Å². The summed E-state index contributed by atoms with van der Waals surface area (Å²) in [5, 5.41) is 4.27. The molecule has 3 rings (SSSR count). The summed E-state index contributed by atoms with van der Waals surface area (Å²) in [7, 11) is 0. The highest BCUT2D eigenvalue weighted by Gasteiger charge is 2.16. The Kier molecular flexibility index (Phi) is 4.90. The number of hydrogen-bond donors (Lipinski definition) is 3. The molecule has 0 aliphatic carbocycles. The van der Waals surface area contributed by atoms with Crippen LogP contribution in [0.15, 0.2) is 54.6 Å². The van der Waals surface area contributed by atoms with Gasteiger partial charge < -0.3 is 5.32 Å². The van der Waals surface area contributed by atoms with E-state index in [0.29, 0.717) is 16.4 Å². The lowest BCUT2D eigenvalue weighted by molar-refractivity contribution is 0.0942. The van der Waals surface area contributed by atoms with Crippen molar-refractivity contribution in [2.45, 2.75) is 13.8 Å². The van der Waals surface area contributed by atoms with E-state index in [9.17, 15) is 4.79 Å². The Labute approximate surface area is 151 Å². The van der Waals surface area contributed by atoms with E-state index >= 15 is 0 Å². The number of fused-ring (bicyclic) bond motifs is 1. The number of rotatable bonds is 2. The second-order valence-electron chi connectivity index (χ2n) is 5.61. The van der Waals surface area contributed by atoms with Gasteiger partial charge in [0.15, 0.2) is 5.11 Å². The van der Waals surface area contributed by atoms with Crippen LogP contribution in [-0.4, -0.2) is 16.0 Å². The summed E-state index contributed by atoms with van der Waals surface area (Å²) in [6.45, 7) is 3.75. The molecule has 0 aliphatic heterocycles. The van der Waals surface area contributed by atoms with E-state index in [1.54, 1.807) is 0 Å². The van der Waals surface area contributed by atoms with E-state index < -0.39 is 0 Å². The van der Waals surface area contributed by atoms with Crippen molar-refractivity contribution in [3.8, 4) is 0 Å². The Morgan fingerprint density at radius 3 is 2.40 bits per heavy atom. The minimum atomic E-state index is -0.273. The van der Waals surface area contributed by atoms with Gasteiger partial charge in [0.2, 0.25) is 0 Å². The second-order valence-corrected chi connectivity index (χ2v) is 6.02. The SMILES string of the molecule is Cc1nc2ccccc2c(C)c1C(=O)NNC(=S)Nc1ccccc1. The molecule has 126 valence electrons. The Balaban J connectivity index is 1.73. The molecule has 1 aromatic heterocycles. The van der Waals surface area contributed by atoms with Gasteiger partial charge in [-0.2, -0.15) is 0 Å². The third-order valence-electron chi connectivity index (χ3n) is 3.88. The smallest absolute Gasteiger partial charge is 0.271 e. The summed E-state index contributed by atoms with van der Waals surface area (Å²) >= 11 is 5.19. The molecule has 0 bridgehead atoms. The summed E-state index contributed by atoms with van der Waals surface area (Å²) in [6, 6.07) is 17.3. The highest BCUT2D eigenvalue weighted by atomic mass is 32.1. The number of pyridine rings is 1. The molecule has 1 amide bonds. The van der Waals surface area contributed by atoms with Crippen molar-refractivity contribution < 1.29 is 4.79 Å². The van der Waals surface area contributed by atoms with Gasteiger partial charge in [-0.05, 0) is 49.8 Å². The Morgan fingerprint density at radius 1 is 0.960 bits per heavy atom. The fourth-order valence-electron chi connectivity index (χ4n) is 2.73. The number of anilines is 1. The van der Waals surface area contributed by atoms with Gasteiger partial charge in [0.25, 0.3) is 5.91 Å².